The fourth-order valence-electron chi connectivity index (χ4n) is 2.53. The zero-order valence-electron chi connectivity index (χ0n) is 11.4. The number of benzene rings is 1. The first kappa shape index (κ1) is 13.7. The van der Waals surface area contributed by atoms with Gasteiger partial charge in [0.05, 0.1) is 18.4 Å². The van der Waals surface area contributed by atoms with Crippen molar-refractivity contribution in [3.8, 4) is 17.6 Å². The second-order valence-corrected chi connectivity index (χ2v) is 5.11. The van der Waals surface area contributed by atoms with Crippen LogP contribution in [0.4, 0.5) is 0 Å². The minimum Gasteiger partial charge on any atom is -0.492 e. The molecule has 1 saturated heterocycles. The molecule has 2 atom stereocenters. The van der Waals surface area contributed by atoms with E-state index in [2.05, 4.69) is 11.8 Å². The molecule has 0 bridgehead atoms. The number of imide groups is 1. The Labute approximate surface area is 122 Å². The third-order valence-corrected chi connectivity index (χ3v) is 3.69. The molecule has 2 unspecified atom stereocenters. The third kappa shape index (κ3) is 2.76. The van der Waals surface area contributed by atoms with Crippen LogP contribution < -0.4 is 4.74 Å². The summed E-state index contributed by atoms with van der Waals surface area (Å²) in [5, 5.41) is 8.66. The third-order valence-electron chi connectivity index (χ3n) is 3.69. The van der Waals surface area contributed by atoms with E-state index in [0.29, 0.717) is 5.75 Å². The molecule has 108 valence electrons. The smallest absolute Gasteiger partial charge is 0.233 e. The monoisotopic (exact) mass is 285 g/mol. The van der Waals surface area contributed by atoms with Crippen LogP contribution in [-0.2, 0) is 9.59 Å². The number of carbonyl (C=O) groups excluding carboxylic acids is 2. The molecule has 5 nitrogen and oxygen atoms in total. The summed E-state index contributed by atoms with van der Waals surface area (Å²) in [5.74, 6) is 5.75. The van der Waals surface area contributed by atoms with E-state index in [1.165, 1.54) is 4.90 Å². The fourth-order valence-corrected chi connectivity index (χ4v) is 2.53. The second-order valence-electron chi connectivity index (χ2n) is 5.11. The lowest BCUT2D eigenvalue weighted by molar-refractivity contribution is -0.141. The van der Waals surface area contributed by atoms with Crippen molar-refractivity contribution in [1.82, 2.24) is 4.90 Å². The van der Waals surface area contributed by atoms with E-state index >= 15 is 0 Å². The molecule has 5 heteroatoms. The summed E-state index contributed by atoms with van der Waals surface area (Å²) in [6, 6.07) is 7.16. The van der Waals surface area contributed by atoms with Gasteiger partial charge in [0.15, 0.2) is 0 Å². The van der Waals surface area contributed by atoms with E-state index in [9.17, 15) is 9.59 Å². The van der Waals surface area contributed by atoms with Crippen LogP contribution in [0.15, 0.2) is 24.3 Å². The average molecular weight is 285 g/mol. The predicted octanol–water partition coefficient (Wildman–Crippen LogP) is 0.414. The summed E-state index contributed by atoms with van der Waals surface area (Å²) in [4.78, 5) is 24.9. The number of amides is 2. The van der Waals surface area contributed by atoms with Crippen molar-refractivity contribution < 1.29 is 19.4 Å². The van der Waals surface area contributed by atoms with Crippen LogP contribution in [0.1, 0.15) is 12.0 Å². The van der Waals surface area contributed by atoms with Crippen LogP contribution in [0.2, 0.25) is 0 Å². The van der Waals surface area contributed by atoms with Gasteiger partial charge in [0.2, 0.25) is 11.8 Å². The SMILES string of the molecule is O=C1C2CC2C(=O)N1CCOc1cccc(C#CCO)c1. The first-order chi connectivity index (χ1) is 10.2. The Morgan fingerprint density at radius 1 is 1.29 bits per heavy atom. The molecule has 2 fully saturated rings. The zero-order valence-corrected chi connectivity index (χ0v) is 11.4. The number of aliphatic hydroxyl groups is 1. The van der Waals surface area contributed by atoms with E-state index in [0.717, 1.165) is 12.0 Å². The first-order valence-corrected chi connectivity index (χ1v) is 6.88. The van der Waals surface area contributed by atoms with Gasteiger partial charge in [-0.3, -0.25) is 14.5 Å². The Bertz CT molecular complexity index is 623. The van der Waals surface area contributed by atoms with Gasteiger partial charge in [0.25, 0.3) is 0 Å². The molecule has 0 aromatic heterocycles. The highest BCUT2D eigenvalue weighted by Gasteiger charge is 2.58. The van der Waals surface area contributed by atoms with Crippen molar-refractivity contribution in [3.63, 3.8) is 0 Å². The number of likely N-dealkylation sites (tertiary alicyclic amines) is 1. The van der Waals surface area contributed by atoms with Crippen molar-refractivity contribution in [2.24, 2.45) is 11.8 Å². The van der Waals surface area contributed by atoms with Gasteiger partial charge in [-0.2, -0.15) is 0 Å². The minimum atomic E-state index is -0.188. The number of carbonyl (C=O) groups is 2. The Morgan fingerprint density at radius 2 is 2.05 bits per heavy atom. The van der Waals surface area contributed by atoms with Gasteiger partial charge in [0.1, 0.15) is 19.0 Å². The van der Waals surface area contributed by atoms with Crippen molar-refractivity contribution in [1.29, 1.82) is 0 Å². The zero-order chi connectivity index (χ0) is 14.8. The van der Waals surface area contributed by atoms with E-state index in [1.54, 1.807) is 18.2 Å². The van der Waals surface area contributed by atoms with Crippen LogP contribution in [0.3, 0.4) is 0 Å². The number of hydrogen-bond acceptors (Lipinski definition) is 4. The number of aliphatic hydroxyl groups excluding tert-OH is 1. The molecule has 1 N–H and O–H groups in total. The van der Waals surface area contributed by atoms with E-state index in [-0.39, 0.29) is 43.4 Å². The molecular formula is C16H15NO4. The molecule has 1 aliphatic heterocycles. The summed E-state index contributed by atoms with van der Waals surface area (Å²) in [7, 11) is 0. The lowest BCUT2D eigenvalue weighted by atomic mass is 10.2. The highest BCUT2D eigenvalue weighted by Crippen LogP contribution is 2.46. The molecule has 3 rings (SSSR count). The Morgan fingerprint density at radius 3 is 2.76 bits per heavy atom. The van der Waals surface area contributed by atoms with Gasteiger partial charge < -0.3 is 9.84 Å². The normalized spacial score (nSPS) is 22.6. The Kier molecular flexibility index (Phi) is 3.63. The van der Waals surface area contributed by atoms with Crippen molar-refractivity contribution in [2.75, 3.05) is 19.8 Å². The number of rotatable bonds is 4. The standard InChI is InChI=1S/C16H15NO4/c18-7-2-4-11-3-1-5-12(9-11)21-8-6-17-15(19)13-10-14(13)16(17)20/h1,3,5,9,13-14,18H,6-8,10H2. The van der Waals surface area contributed by atoms with Gasteiger partial charge in [-0.25, -0.2) is 0 Å². The van der Waals surface area contributed by atoms with E-state index in [4.69, 9.17) is 9.84 Å². The van der Waals surface area contributed by atoms with Gasteiger partial charge in [-0.15, -0.1) is 0 Å². The van der Waals surface area contributed by atoms with Gasteiger partial charge in [-0.05, 0) is 24.6 Å². The molecule has 1 saturated carbocycles. The highest BCUT2D eigenvalue weighted by atomic mass is 16.5. The molecule has 0 spiro atoms. The van der Waals surface area contributed by atoms with Crippen LogP contribution in [-0.4, -0.2) is 41.6 Å². The summed E-state index contributed by atoms with van der Waals surface area (Å²) in [5.41, 5.74) is 0.746. The van der Waals surface area contributed by atoms with Crippen LogP contribution >= 0.6 is 0 Å². The van der Waals surface area contributed by atoms with Gasteiger partial charge in [-0.1, -0.05) is 17.9 Å². The molecule has 21 heavy (non-hydrogen) atoms. The van der Waals surface area contributed by atoms with Crippen molar-refractivity contribution in [2.45, 2.75) is 6.42 Å². The Hall–Kier alpha value is -2.32. The molecular weight excluding hydrogens is 270 g/mol. The topological polar surface area (TPSA) is 66.8 Å². The van der Waals surface area contributed by atoms with Crippen molar-refractivity contribution in [3.05, 3.63) is 29.8 Å². The summed E-state index contributed by atoms with van der Waals surface area (Å²) >= 11 is 0. The molecule has 1 aromatic carbocycles. The number of nitrogens with zero attached hydrogens (tertiary/aromatic N) is 1. The summed E-state index contributed by atoms with van der Waals surface area (Å²) < 4.78 is 5.56. The fraction of sp³-hybridized carbons (Fsp3) is 0.375. The van der Waals surface area contributed by atoms with Crippen LogP contribution in [0.5, 0.6) is 5.75 Å². The maximum absolute atomic E-state index is 11.8. The first-order valence-electron chi connectivity index (χ1n) is 6.88. The maximum Gasteiger partial charge on any atom is 0.233 e. The number of fused-ring (bicyclic) bond motifs is 1. The van der Waals surface area contributed by atoms with Gasteiger partial charge >= 0.3 is 0 Å². The molecule has 2 aliphatic rings. The average Bonchev–Trinajstić information content (AvgIpc) is 3.25. The maximum atomic E-state index is 11.8. The summed E-state index contributed by atoms with van der Waals surface area (Å²) in [6.45, 7) is 0.373. The van der Waals surface area contributed by atoms with Crippen LogP contribution in [0, 0.1) is 23.7 Å². The van der Waals surface area contributed by atoms with E-state index < -0.39 is 0 Å². The van der Waals surface area contributed by atoms with Gasteiger partial charge in [0, 0.05) is 5.56 Å². The largest absolute Gasteiger partial charge is 0.492 e. The highest BCUT2D eigenvalue weighted by molar-refractivity contribution is 6.08. The van der Waals surface area contributed by atoms with Crippen LogP contribution in [0.25, 0.3) is 0 Å². The molecule has 1 aromatic rings. The van der Waals surface area contributed by atoms with E-state index in [1.807, 2.05) is 6.07 Å². The quantitative estimate of drug-likeness (QED) is 0.643. The number of hydrogen-bond donors (Lipinski definition) is 1. The molecule has 2 amide bonds. The predicted molar refractivity (Wildman–Crippen MR) is 74.2 cm³/mol. The molecule has 0 radical (unpaired) electrons. The lowest BCUT2D eigenvalue weighted by Gasteiger charge is -2.16. The second kappa shape index (κ2) is 5.58. The number of piperidine rings is 1. The number of ether oxygens (including phenoxy) is 1. The summed E-state index contributed by atoms with van der Waals surface area (Å²) in [6.07, 6.45) is 0.723. The van der Waals surface area contributed by atoms with Crippen molar-refractivity contribution >= 4 is 11.8 Å². The lowest BCUT2D eigenvalue weighted by Crippen LogP contribution is -2.36. The minimum absolute atomic E-state index is 0.0591. The molecule has 1 aliphatic carbocycles. The Balaban J connectivity index is 1.54. The molecule has 1 heterocycles.